The third kappa shape index (κ3) is 12.5. The van der Waals surface area contributed by atoms with Crippen molar-refractivity contribution in [3.8, 4) is 56.4 Å². The fourth-order valence-electron chi connectivity index (χ4n) is 6.88. The number of esters is 2. The third-order valence-electron chi connectivity index (χ3n) is 10.1. The van der Waals surface area contributed by atoms with Gasteiger partial charge in [0.25, 0.3) is 0 Å². The molecule has 6 aromatic rings. The summed E-state index contributed by atoms with van der Waals surface area (Å²) in [5, 5.41) is 0. The van der Waals surface area contributed by atoms with Crippen LogP contribution >= 0.6 is 0 Å². The highest BCUT2D eigenvalue weighted by Gasteiger charge is 2.14. The maximum atomic E-state index is 12.6. The van der Waals surface area contributed by atoms with E-state index in [0.29, 0.717) is 48.7 Å². The number of hydrogen-bond donors (Lipinski definition) is 0. The summed E-state index contributed by atoms with van der Waals surface area (Å²) < 4.78 is 34.8. The molecular weight excluding hydrogens is 777 g/mol. The largest absolute Gasteiger partial charge is 0.493 e. The van der Waals surface area contributed by atoms with E-state index in [4.69, 9.17) is 28.4 Å². The zero-order valence-corrected chi connectivity index (χ0v) is 36.4. The van der Waals surface area contributed by atoms with Crippen LogP contribution < -0.4 is 18.9 Å². The Morgan fingerprint density at radius 1 is 0.419 bits per heavy atom. The van der Waals surface area contributed by atoms with Crippen LogP contribution in [0.25, 0.3) is 33.4 Å². The number of carbonyl (C=O) groups excluding carboxylic acids is 2. The van der Waals surface area contributed by atoms with E-state index in [2.05, 4.69) is 24.3 Å². The summed E-state index contributed by atoms with van der Waals surface area (Å²) in [5.74, 6) is 2.05. The summed E-state index contributed by atoms with van der Waals surface area (Å²) in [6, 6.07) is 44.0. The van der Waals surface area contributed by atoms with Crippen molar-refractivity contribution in [2.75, 3.05) is 26.4 Å². The Balaban J connectivity index is 0.914. The van der Waals surface area contributed by atoms with Gasteiger partial charge in [-0.15, -0.1) is 0 Å². The minimum atomic E-state index is -0.434. The van der Waals surface area contributed by atoms with Gasteiger partial charge in [-0.3, -0.25) is 0 Å². The van der Waals surface area contributed by atoms with Gasteiger partial charge in [-0.1, -0.05) is 84.9 Å². The predicted octanol–water partition coefficient (Wildman–Crippen LogP) is 12.5. The van der Waals surface area contributed by atoms with E-state index in [1.165, 1.54) is 12.5 Å². The maximum absolute atomic E-state index is 12.6. The van der Waals surface area contributed by atoms with Crippen LogP contribution in [0.2, 0.25) is 0 Å². The van der Waals surface area contributed by atoms with Crippen molar-refractivity contribution in [1.29, 1.82) is 0 Å². The molecule has 0 saturated carbocycles. The van der Waals surface area contributed by atoms with Crippen molar-refractivity contribution in [2.45, 2.75) is 54.4 Å². The second-order valence-corrected chi connectivity index (χ2v) is 15.2. The molecule has 6 rings (SSSR count). The minimum absolute atomic E-state index is 0.222. The average Bonchev–Trinajstić information content (AvgIpc) is 3.29. The van der Waals surface area contributed by atoms with E-state index < -0.39 is 11.9 Å². The van der Waals surface area contributed by atoms with Crippen LogP contribution in [-0.2, 0) is 19.1 Å². The number of carbonyl (C=O) groups is 2. The molecule has 0 spiro atoms. The molecular formula is C54H54O8. The molecule has 0 N–H and O–H groups in total. The molecule has 0 aliphatic heterocycles. The molecule has 0 bridgehead atoms. The zero-order valence-electron chi connectivity index (χ0n) is 36.4. The van der Waals surface area contributed by atoms with Crippen molar-refractivity contribution in [3.05, 3.63) is 179 Å². The normalized spacial score (nSPS) is 11.5. The van der Waals surface area contributed by atoms with Crippen molar-refractivity contribution in [1.82, 2.24) is 0 Å². The van der Waals surface area contributed by atoms with Crippen LogP contribution in [0, 0.1) is 27.7 Å². The number of benzene rings is 6. The third-order valence-corrected chi connectivity index (χ3v) is 10.1. The molecule has 0 heterocycles. The van der Waals surface area contributed by atoms with Gasteiger partial charge in [0.2, 0.25) is 0 Å². The quantitative estimate of drug-likeness (QED) is 0.0345. The topological polar surface area (TPSA) is 89.5 Å². The Morgan fingerprint density at radius 2 is 0.774 bits per heavy atom. The fraction of sp³-hybridized carbons (Fsp3) is 0.222. The van der Waals surface area contributed by atoms with E-state index >= 15 is 0 Å². The summed E-state index contributed by atoms with van der Waals surface area (Å²) in [6.07, 6.45) is 3.93. The number of ether oxygens (including phenoxy) is 6. The molecule has 0 amide bonds. The molecule has 0 aliphatic rings. The molecule has 318 valence electrons. The predicted molar refractivity (Wildman–Crippen MR) is 245 cm³/mol. The van der Waals surface area contributed by atoms with Gasteiger partial charge in [0.15, 0.2) is 0 Å². The van der Waals surface area contributed by atoms with Crippen molar-refractivity contribution in [2.24, 2.45) is 0 Å². The van der Waals surface area contributed by atoms with Gasteiger partial charge in [0.05, 0.1) is 37.6 Å². The summed E-state index contributed by atoms with van der Waals surface area (Å²) in [7, 11) is 0. The Bertz CT molecular complexity index is 2300. The Labute approximate surface area is 365 Å². The molecule has 0 aromatic heterocycles. The SMILES string of the molecule is CC(=COc1cccc(-c2ccccc2)c1)C(=O)OCCCOc1c(C)cc(-c2cc(C)c(OCCCOC(=O)C(C)=COc3cccc(-c4ccccc4)c3)c(C)c2)cc1C. The highest BCUT2D eigenvalue weighted by molar-refractivity contribution is 5.88. The molecule has 0 fully saturated rings. The summed E-state index contributed by atoms with van der Waals surface area (Å²) in [4.78, 5) is 25.2. The molecule has 62 heavy (non-hydrogen) atoms. The van der Waals surface area contributed by atoms with Gasteiger partial charge in [-0.25, -0.2) is 9.59 Å². The zero-order chi connectivity index (χ0) is 43.8. The van der Waals surface area contributed by atoms with Crippen molar-refractivity contribution in [3.63, 3.8) is 0 Å². The van der Waals surface area contributed by atoms with Crippen LogP contribution in [0.15, 0.2) is 157 Å². The first-order valence-corrected chi connectivity index (χ1v) is 20.9. The van der Waals surface area contributed by atoms with Gasteiger partial charge in [0.1, 0.15) is 35.5 Å². The summed E-state index contributed by atoms with van der Waals surface area (Å²) >= 11 is 0. The average molecular weight is 831 g/mol. The lowest BCUT2D eigenvalue weighted by Gasteiger charge is -2.17. The first-order valence-electron chi connectivity index (χ1n) is 20.9. The first-order chi connectivity index (χ1) is 30.0. The second kappa shape index (κ2) is 22.0. The van der Waals surface area contributed by atoms with E-state index in [0.717, 1.165) is 67.1 Å². The molecule has 0 atom stereocenters. The lowest BCUT2D eigenvalue weighted by molar-refractivity contribution is -0.140. The summed E-state index contributed by atoms with van der Waals surface area (Å²) in [6.45, 7) is 12.7. The standard InChI is InChI=1S/C54H54O8/c1-37-29-47(30-38(2)51(37)57-25-15-27-59-53(55)41(5)35-61-49-23-13-21-45(33-49)43-17-9-7-10-18-43)48-31-39(3)52(40(4)32-48)58-26-16-28-60-54(56)42(6)36-62-50-24-14-22-46(34-50)44-19-11-8-12-20-44/h7-14,17-24,29-36H,15-16,25-28H2,1-6H3. The van der Waals surface area contributed by atoms with Gasteiger partial charge in [-0.2, -0.15) is 0 Å². The lowest BCUT2D eigenvalue weighted by Crippen LogP contribution is -2.11. The van der Waals surface area contributed by atoms with Crippen LogP contribution in [0.3, 0.4) is 0 Å². The van der Waals surface area contributed by atoms with E-state index in [9.17, 15) is 9.59 Å². The van der Waals surface area contributed by atoms with E-state index in [-0.39, 0.29) is 13.2 Å². The smallest absolute Gasteiger partial charge is 0.336 e. The maximum Gasteiger partial charge on any atom is 0.336 e. The summed E-state index contributed by atoms with van der Waals surface area (Å²) in [5.41, 5.74) is 11.2. The van der Waals surface area contributed by atoms with Gasteiger partial charge in [-0.05, 0) is 146 Å². The minimum Gasteiger partial charge on any atom is -0.493 e. The molecule has 0 saturated heterocycles. The first kappa shape index (κ1) is 44.5. The van der Waals surface area contributed by atoms with E-state index in [1.807, 2.05) is 137 Å². The molecule has 6 aromatic carbocycles. The second-order valence-electron chi connectivity index (χ2n) is 15.2. The van der Waals surface area contributed by atoms with Gasteiger partial charge in [0, 0.05) is 12.8 Å². The molecule has 0 radical (unpaired) electrons. The molecule has 8 heteroatoms. The van der Waals surface area contributed by atoms with Crippen LogP contribution in [-0.4, -0.2) is 38.4 Å². The van der Waals surface area contributed by atoms with Crippen LogP contribution in [0.4, 0.5) is 0 Å². The monoisotopic (exact) mass is 830 g/mol. The van der Waals surface area contributed by atoms with Crippen LogP contribution in [0.5, 0.6) is 23.0 Å². The molecule has 0 unspecified atom stereocenters. The van der Waals surface area contributed by atoms with Gasteiger partial charge >= 0.3 is 11.9 Å². The lowest BCUT2D eigenvalue weighted by atomic mass is 9.96. The Morgan fingerprint density at radius 3 is 1.15 bits per heavy atom. The Hall–Kier alpha value is -7.06. The molecule has 8 nitrogen and oxygen atoms in total. The number of rotatable bonds is 19. The van der Waals surface area contributed by atoms with Crippen molar-refractivity contribution < 1.29 is 38.0 Å². The highest BCUT2D eigenvalue weighted by atomic mass is 16.5. The number of aryl methyl sites for hydroxylation is 4. The van der Waals surface area contributed by atoms with E-state index in [1.54, 1.807) is 13.8 Å². The molecule has 0 aliphatic carbocycles. The van der Waals surface area contributed by atoms with Crippen molar-refractivity contribution >= 4 is 11.9 Å². The number of hydrogen-bond acceptors (Lipinski definition) is 8. The van der Waals surface area contributed by atoms with Crippen LogP contribution in [0.1, 0.15) is 48.9 Å². The Kier molecular flexibility index (Phi) is 15.8. The van der Waals surface area contributed by atoms with Gasteiger partial charge < -0.3 is 28.4 Å². The highest BCUT2D eigenvalue weighted by Crippen LogP contribution is 2.35. The fourth-order valence-corrected chi connectivity index (χ4v) is 6.88.